The molecule has 0 fully saturated rings. The second-order valence-electron chi connectivity index (χ2n) is 13.2. The molecule has 0 saturated carbocycles. The van der Waals surface area contributed by atoms with E-state index in [0.29, 0.717) is 0 Å². The zero-order valence-corrected chi connectivity index (χ0v) is 33.3. The summed E-state index contributed by atoms with van der Waals surface area (Å²) in [7, 11) is -9.89. The number of aryl methyl sites for hydroxylation is 2. The lowest BCUT2D eigenvalue weighted by Crippen LogP contribution is -2.68. The van der Waals surface area contributed by atoms with Crippen LogP contribution in [0.15, 0.2) is 115 Å². The van der Waals surface area contributed by atoms with Gasteiger partial charge in [0.1, 0.15) is 13.1 Å². The molecule has 0 saturated heterocycles. The first kappa shape index (κ1) is 45.1. The number of rotatable bonds is 8. The molecule has 1 aromatic heterocycles. The first-order chi connectivity index (χ1) is 25.8. The number of carbonyl (C=O) groups is 1. The van der Waals surface area contributed by atoms with Crippen molar-refractivity contribution in [3.8, 4) is 0 Å². The molecule has 0 bridgehead atoms. The molecule has 0 aliphatic carbocycles. The number of nitrogens with zero attached hydrogens (tertiary/aromatic N) is 3. The Bertz CT molecular complexity index is 2070. The minimum Gasteiger partial charge on any atom is -0.288 e. The van der Waals surface area contributed by atoms with Crippen LogP contribution in [0.25, 0.3) is 21.7 Å². The number of para-hydroxylation sites is 2. The lowest BCUT2D eigenvalue weighted by Gasteiger charge is -2.19. The fourth-order valence-electron chi connectivity index (χ4n) is 6.58. The maximum Gasteiger partial charge on any atom is 0.227 e. The van der Waals surface area contributed by atoms with Gasteiger partial charge in [-0.2, -0.15) is 9.14 Å². The van der Waals surface area contributed by atoms with E-state index in [1.807, 2.05) is 36.5 Å². The summed E-state index contributed by atoms with van der Waals surface area (Å²) < 4.78 is 72.8. The first-order valence-corrected chi connectivity index (χ1v) is 20.1. The Morgan fingerprint density at radius 2 is 1.25 bits per heavy atom. The fraction of sp³-hybridized carbons (Fsp3) is 0.293. The van der Waals surface area contributed by atoms with Crippen LogP contribution in [-0.2, 0) is 16.8 Å². The zero-order valence-electron chi connectivity index (χ0n) is 31.8. The van der Waals surface area contributed by atoms with E-state index in [-0.39, 0.29) is 11.3 Å². The van der Waals surface area contributed by atoms with Crippen LogP contribution in [-0.4, -0.2) is 22.7 Å². The number of carbonyl (C=O) groups excluding carboxylic acids is 1. The van der Waals surface area contributed by atoms with Gasteiger partial charge in [0.2, 0.25) is 17.1 Å². The van der Waals surface area contributed by atoms with E-state index < -0.39 is 20.5 Å². The summed E-state index contributed by atoms with van der Waals surface area (Å²) in [5, 5.41) is 3.90. The minimum absolute atomic E-state index is 0.00178. The van der Waals surface area contributed by atoms with Gasteiger partial charge in [-0.25, -0.2) is 37.3 Å². The average molecular weight is 797 g/mol. The summed E-state index contributed by atoms with van der Waals surface area (Å²) in [5.41, 5.74) is 7.28. The molecule has 2 heterocycles. The van der Waals surface area contributed by atoms with Crippen LogP contribution in [0, 0.1) is 27.4 Å². The molecule has 5 aromatic rings. The van der Waals surface area contributed by atoms with Gasteiger partial charge in [0, 0.05) is 73.8 Å². The van der Waals surface area contributed by atoms with E-state index in [9.17, 15) is 4.79 Å². The summed E-state index contributed by atoms with van der Waals surface area (Å²) in [6, 6.07) is 35.9. The highest BCUT2D eigenvalue weighted by Gasteiger charge is 2.45. The highest BCUT2D eigenvalue weighted by Crippen LogP contribution is 2.44. The number of allylic oxidation sites excluding steroid dienone is 1. The molecule has 4 aromatic carbocycles. The van der Waals surface area contributed by atoms with Crippen molar-refractivity contribution in [1.82, 2.24) is 0 Å². The SMILES string of the molecule is CCCC[N+]1=C(/C=C/N(C(C)=O)c2ccccc2)C(C)(C)c2c1ccc1ccccc21.CCC[n+]1c(C)ccc2ccccc21.[O-][Cl+3]([O-])([O-])[O-].[O-][Cl+3]([O-])([O-])[O-]. The van der Waals surface area contributed by atoms with E-state index in [4.69, 9.17) is 37.3 Å². The normalized spacial score (nSPS) is 13.3. The van der Waals surface area contributed by atoms with Gasteiger partial charge >= 0.3 is 0 Å². The lowest BCUT2D eigenvalue weighted by atomic mass is 9.79. The van der Waals surface area contributed by atoms with Crippen molar-refractivity contribution in [2.75, 3.05) is 11.4 Å². The summed E-state index contributed by atoms with van der Waals surface area (Å²) in [5.74, 6) is 0.00178. The van der Waals surface area contributed by atoms with E-state index >= 15 is 0 Å². The Balaban J connectivity index is 0.000000277. The van der Waals surface area contributed by atoms with Gasteiger partial charge < -0.3 is 0 Å². The van der Waals surface area contributed by atoms with Crippen molar-refractivity contribution in [3.05, 3.63) is 127 Å². The summed E-state index contributed by atoms with van der Waals surface area (Å²) in [6.45, 7) is 14.9. The fourth-order valence-corrected chi connectivity index (χ4v) is 6.58. The number of anilines is 1. The topological polar surface area (TPSA) is 212 Å². The van der Waals surface area contributed by atoms with Crippen molar-refractivity contribution in [2.24, 2.45) is 0 Å². The Kier molecular flexibility index (Phi) is 16.4. The van der Waals surface area contributed by atoms with E-state index in [1.165, 1.54) is 50.8 Å². The van der Waals surface area contributed by atoms with Crippen molar-refractivity contribution in [1.29, 1.82) is 0 Å². The highest BCUT2D eigenvalue weighted by atomic mass is 35.7. The number of pyridine rings is 1. The molecule has 12 nitrogen and oxygen atoms in total. The molecule has 294 valence electrons. The molecule has 1 amide bonds. The van der Waals surface area contributed by atoms with Crippen LogP contribution >= 0.6 is 0 Å². The third-order valence-corrected chi connectivity index (χ3v) is 8.85. The van der Waals surface area contributed by atoms with Crippen LogP contribution in [0.2, 0.25) is 0 Å². The Hall–Kier alpha value is -4.31. The monoisotopic (exact) mass is 795 g/mol. The number of fused-ring (bicyclic) bond motifs is 4. The van der Waals surface area contributed by atoms with Gasteiger partial charge in [0.05, 0.1) is 5.41 Å². The molecule has 0 unspecified atom stereocenters. The minimum atomic E-state index is -4.94. The van der Waals surface area contributed by atoms with Crippen molar-refractivity contribution >= 4 is 44.7 Å². The smallest absolute Gasteiger partial charge is 0.227 e. The number of halogens is 2. The van der Waals surface area contributed by atoms with Crippen molar-refractivity contribution in [2.45, 2.75) is 72.8 Å². The maximum absolute atomic E-state index is 12.4. The number of aromatic nitrogens is 1. The molecule has 0 N–H and O–H groups in total. The van der Waals surface area contributed by atoms with Crippen LogP contribution in [0.4, 0.5) is 11.4 Å². The molecule has 0 radical (unpaired) electrons. The average Bonchev–Trinajstić information content (AvgIpc) is 3.33. The summed E-state index contributed by atoms with van der Waals surface area (Å²) >= 11 is 0. The van der Waals surface area contributed by atoms with Crippen LogP contribution in [0.1, 0.15) is 65.1 Å². The standard InChI is InChI=1S/C28H31N2O.C13H16N.2ClHO4/c1-5-6-19-30-25-17-16-22-12-10-11-15-24(22)27(25)28(3,4)26(30)18-20-29(21(2)31)23-13-8-7-9-14-23;1-3-10-14-11(2)8-9-12-6-4-5-7-13(12)14;2*2-1(3,4)5/h7-18,20H,5-6,19H2,1-4H3;4-9H,3,10H2,1-2H3;2*(H,2,3,4,5)/q2*+1;;/p-2. The van der Waals surface area contributed by atoms with E-state index in [1.54, 1.807) is 11.8 Å². The number of hydrogen-bond donors (Lipinski definition) is 0. The lowest BCUT2D eigenvalue weighted by molar-refractivity contribution is -2.00. The van der Waals surface area contributed by atoms with Gasteiger partial charge in [-0.3, -0.25) is 9.69 Å². The van der Waals surface area contributed by atoms with Gasteiger partial charge in [-0.1, -0.05) is 74.9 Å². The molecule has 1 aliphatic rings. The number of hydrogen-bond acceptors (Lipinski definition) is 9. The molecule has 0 spiro atoms. The van der Waals surface area contributed by atoms with Gasteiger partial charge in [0.15, 0.2) is 11.4 Å². The maximum atomic E-state index is 12.4. The van der Waals surface area contributed by atoms with Gasteiger partial charge in [-0.15, -0.1) is 20.5 Å². The number of unbranched alkanes of at least 4 members (excludes halogenated alkanes) is 1. The third kappa shape index (κ3) is 13.4. The summed E-state index contributed by atoms with van der Waals surface area (Å²) in [6.07, 6.45) is 7.51. The molecule has 1 aliphatic heterocycles. The second-order valence-corrected chi connectivity index (χ2v) is 14.7. The van der Waals surface area contributed by atoms with Crippen LogP contribution < -0.4 is 46.7 Å². The zero-order chi connectivity index (χ0) is 41.0. The molecule has 0 atom stereocenters. The summed E-state index contributed by atoms with van der Waals surface area (Å²) in [4.78, 5) is 14.1. The third-order valence-electron chi connectivity index (χ3n) is 8.85. The quantitative estimate of drug-likeness (QED) is 0.192. The number of benzene rings is 4. The van der Waals surface area contributed by atoms with Gasteiger partial charge in [0.25, 0.3) is 0 Å². The van der Waals surface area contributed by atoms with E-state index in [0.717, 1.165) is 31.6 Å². The second kappa shape index (κ2) is 20.0. The molecule has 14 heteroatoms. The molecular formula is C41H47Cl2N3O9. The molecule has 55 heavy (non-hydrogen) atoms. The van der Waals surface area contributed by atoms with Crippen LogP contribution in [0.5, 0.6) is 0 Å². The van der Waals surface area contributed by atoms with E-state index in [2.05, 4.69) is 123 Å². The van der Waals surface area contributed by atoms with Crippen molar-refractivity contribution < 1.29 is 71.7 Å². The predicted molar refractivity (Wildman–Crippen MR) is 190 cm³/mol. The molecule has 6 rings (SSSR count). The Morgan fingerprint density at radius 3 is 1.84 bits per heavy atom. The molecular weight excluding hydrogens is 749 g/mol. The van der Waals surface area contributed by atoms with Crippen LogP contribution in [0.3, 0.4) is 0 Å². The van der Waals surface area contributed by atoms with Gasteiger partial charge in [-0.05, 0) is 55.0 Å². The Labute approximate surface area is 326 Å². The number of amides is 1. The first-order valence-electron chi connectivity index (χ1n) is 17.6. The largest absolute Gasteiger partial charge is 0.288 e. The highest BCUT2D eigenvalue weighted by molar-refractivity contribution is 6.08. The Morgan fingerprint density at radius 1 is 0.709 bits per heavy atom. The predicted octanol–water partition coefficient (Wildman–Crippen LogP) is -0.0834. The van der Waals surface area contributed by atoms with Crippen molar-refractivity contribution in [3.63, 3.8) is 0 Å².